The van der Waals surface area contributed by atoms with Crippen molar-refractivity contribution in [3.05, 3.63) is 30.3 Å². The summed E-state index contributed by atoms with van der Waals surface area (Å²) in [4.78, 5) is 26.5. The number of amides is 3. The van der Waals surface area contributed by atoms with Crippen LogP contribution in [0.5, 0.6) is 0 Å². The number of halogens is 1. The molecule has 1 heterocycles. The van der Waals surface area contributed by atoms with Crippen LogP contribution in [0, 0.1) is 0 Å². The molecular formula is C18H27ClN4O2. The molecule has 138 valence electrons. The summed E-state index contributed by atoms with van der Waals surface area (Å²) in [6.07, 6.45) is 5.21. The minimum Gasteiger partial charge on any atom is -0.341 e. The SMILES string of the molecule is Cl.NC1(C(=O)N2CCC(NC(=O)Nc3ccccc3)CC2)CCCC1. The minimum absolute atomic E-state index is 0. The molecule has 4 N–H and O–H groups in total. The molecule has 25 heavy (non-hydrogen) atoms. The first kappa shape index (κ1) is 19.5. The quantitative estimate of drug-likeness (QED) is 0.768. The molecule has 1 aromatic carbocycles. The number of urea groups is 1. The Bertz CT molecular complexity index is 582. The van der Waals surface area contributed by atoms with Crippen LogP contribution in [-0.4, -0.2) is 41.5 Å². The zero-order chi connectivity index (χ0) is 17.0. The molecule has 1 aliphatic heterocycles. The molecule has 2 fully saturated rings. The van der Waals surface area contributed by atoms with Crippen LogP contribution in [0.2, 0.25) is 0 Å². The first-order valence-corrected chi connectivity index (χ1v) is 8.78. The number of nitrogens with two attached hydrogens (primary N) is 1. The predicted molar refractivity (Wildman–Crippen MR) is 101 cm³/mol. The van der Waals surface area contributed by atoms with Gasteiger partial charge < -0.3 is 21.3 Å². The van der Waals surface area contributed by atoms with Crippen LogP contribution in [0.4, 0.5) is 10.5 Å². The highest BCUT2D eigenvalue weighted by molar-refractivity contribution is 5.89. The number of anilines is 1. The van der Waals surface area contributed by atoms with Crippen molar-refractivity contribution < 1.29 is 9.59 Å². The molecule has 7 heteroatoms. The van der Waals surface area contributed by atoms with Crippen LogP contribution in [0.3, 0.4) is 0 Å². The molecule has 0 atom stereocenters. The second-order valence-corrected chi connectivity index (χ2v) is 6.89. The molecule has 6 nitrogen and oxygen atoms in total. The van der Waals surface area contributed by atoms with Gasteiger partial charge in [0.15, 0.2) is 0 Å². The van der Waals surface area contributed by atoms with Crippen LogP contribution in [0.15, 0.2) is 30.3 Å². The third-order valence-corrected chi connectivity index (χ3v) is 5.07. The first-order chi connectivity index (χ1) is 11.6. The van der Waals surface area contributed by atoms with Crippen LogP contribution in [0.25, 0.3) is 0 Å². The van der Waals surface area contributed by atoms with Gasteiger partial charge in [0.2, 0.25) is 5.91 Å². The van der Waals surface area contributed by atoms with E-state index in [0.29, 0.717) is 13.1 Å². The second-order valence-electron chi connectivity index (χ2n) is 6.89. The summed E-state index contributed by atoms with van der Waals surface area (Å²) in [5, 5.41) is 5.81. The average Bonchev–Trinajstić information content (AvgIpc) is 3.04. The van der Waals surface area contributed by atoms with Gasteiger partial charge in [-0.2, -0.15) is 0 Å². The van der Waals surface area contributed by atoms with Crippen molar-refractivity contribution in [2.24, 2.45) is 5.73 Å². The van der Waals surface area contributed by atoms with E-state index >= 15 is 0 Å². The van der Waals surface area contributed by atoms with Crippen LogP contribution in [0.1, 0.15) is 38.5 Å². The minimum atomic E-state index is -0.648. The van der Waals surface area contributed by atoms with Crippen molar-refractivity contribution in [2.75, 3.05) is 18.4 Å². The monoisotopic (exact) mass is 366 g/mol. The number of likely N-dealkylation sites (tertiary alicyclic amines) is 1. The molecule has 1 aromatic rings. The van der Waals surface area contributed by atoms with Crippen molar-refractivity contribution in [2.45, 2.75) is 50.1 Å². The fourth-order valence-electron chi connectivity index (χ4n) is 3.64. The zero-order valence-electron chi connectivity index (χ0n) is 14.4. The van der Waals surface area contributed by atoms with E-state index in [9.17, 15) is 9.59 Å². The number of carbonyl (C=O) groups excluding carboxylic acids is 2. The molecular weight excluding hydrogens is 340 g/mol. The predicted octanol–water partition coefficient (Wildman–Crippen LogP) is 2.49. The highest BCUT2D eigenvalue weighted by atomic mass is 35.5. The van der Waals surface area contributed by atoms with Crippen LogP contribution >= 0.6 is 12.4 Å². The third kappa shape index (κ3) is 4.86. The van der Waals surface area contributed by atoms with E-state index < -0.39 is 5.54 Å². The van der Waals surface area contributed by atoms with Crippen molar-refractivity contribution in [1.29, 1.82) is 0 Å². The molecule has 1 aliphatic carbocycles. The summed E-state index contributed by atoms with van der Waals surface area (Å²) < 4.78 is 0. The van der Waals surface area contributed by atoms with E-state index in [1.165, 1.54) is 0 Å². The van der Waals surface area contributed by atoms with Crippen molar-refractivity contribution in [3.63, 3.8) is 0 Å². The van der Waals surface area contributed by atoms with E-state index in [0.717, 1.165) is 44.2 Å². The van der Waals surface area contributed by atoms with Crippen molar-refractivity contribution >= 4 is 30.0 Å². The normalized spacial score (nSPS) is 19.8. The summed E-state index contributed by atoms with van der Waals surface area (Å²) in [5.41, 5.74) is 6.39. The molecule has 0 radical (unpaired) electrons. The lowest BCUT2D eigenvalue weighted by Gasteiger charge is -2.37. The first-order valence-electron chi connectivity index (χ1n) is 8.78. The van der Waals surface area contributed by atoms with Gasteiger partial charge in [-0.25, -0.2) is 4.79 Å². The lowest BCUT2D eigenvalue weighted by atomic mass is 9.95. The number of carbonyl (C=O) groups is 2. The molecule has 1 saturated heterocycles. The van der Waals surface area contributed by atoms with Crippen molar-refractivity contribution in [1.82, 2.24) is 10.2 Å². The van der Waals surface area contributed by atoms with Gasteiger partial charge in [0.1, 0.15) is 0 Å². The smallest absolute Gasteiger partial charge is 0.319 e. The second kappa shape index (κ2) is 8.54. The van der Waals surface area contributed by atoms with E-state index in [4.69, 9.17) is 5.73 Å². The third-order valence-electron chi connectivity index (χ3n) is 5.07. The Balaban J connectivity index is 0.00000225. The Morgan fingerprint density at radius 1 is 1.08 bits per heavy atom. The topological polar surface area (TPSA) is 87.5 Å². The summed E-state index contributed by atoms with van der Waals surface area (Å²) in [6, 6.07) is 9.26. The van der Waals surface area contributed by atoms with E-state index in [-0.39, 0.29) is 30.4 Å². The molecule has 0 bridgehead atoms. The van der Waals surface area contributed by atoms with Crippen LogP contribution in [-0.2, 0) is 4.79 Å². The Kier molecular flexibility index (Phi) is 6.67. The molecule has 0 unspecified atom stereocenters. The summed E-state index contributed by atoms with van der Waals surface area (Å²) in [5.74, 6) is 0.0900. The fraction of sp³-hybridized carbons (Fsp3) is 0.556. The summed E-state index contributed by atoms with van der Waals surface area (Å²) in [7, 11) is 0. The van der Waals surface area contributed by atoms with Gasteiger partial charge in [0.05, 0.1) is 5.54 Å². The van der Waals surface area contributed by atoms with Crippen LogP contribution < -0.4 is 16.4 Å². The van der Waals surface area contributed by atoms with Gasteiger partial charge in [0.25, 0.3) is 0 Å². The largest absolute Gasteiger partial charge is 0.341 e. The average molecular weight is 367 g/mol. The molecule has 3 amide bonds. The number of nitrogens with zero attached hydrogens (tertiary/aromatic N) is 1. The summed E-state index contributed by atoms with van der Waals surface area (Å²) in [6.45, 7) is 1.32. The lowest BCUT2D eigenvalue weighted by Crippen LogP contribution is -2.57. The number of hydrogen-bond acceptors (Lipinski definition) is 3. The molecule has 0 aromatic heterocycles. The standard InChI is InChI=1S/C18H26N4O2.ClH/c19-18(10-4-5-11-18)16(23)22-12-8-15(9-13-22)21-17(24)20-14-6-2-1-3-7-14;/h1-3,6-7,15H,4-5,8-13,19H2,(H2,20,21,24);1H. The summed E-state index contributed by atoms with van der Waals surface area (Å²) >= 11 is 0. The number of rotatable bonds is 3. The Hall–Kier alpha value is -1.79. The van der Waals surface area contributed by atoms with Gasteiger partial charge in [0, 0.05) is 24.8 Å². The van der Waals surface area contributed by atoms with Gasteiger partial charge in [-0.15, -0.1) is 12.4 Å². The highest BCUT2D eigenvalue weighted by Crippen LogP contribution is 2.30. The number of benzene rings is 1. The maximum absolute atomic E-state index is 12.6. The van der Waals surface area contributed by atoms with E-state index in [1.54, 1.807) is 0 Å². The Morgan fingerprint density at radius 2 is 1.68 bits per heavy atom. The number of piperidine rings is 1. The van der Waals surface area contributed by atoms with Gasteiger partial charge >= 0.3 is 6.03 Å². The molecule has 0 spiro atoms. The lowest BCUT2D eigenvalue weighted by molar-refractivity contribution is -0.137. The maximum atomic E-state index is 12.6. The van der Waals surface area contributed by atoms with Gasteiger partial charge in [-0.05, 0) is 37.8 Å². The van der Waals surface area contributed by atoms with Gasteiger partial charge in [-0.1, -0.05) is 31.0 Å². The molecule has 1 saturated carbocycles. The number of nitrogens with one attached hydrogen (secondary N) is 2. The fourth-order valence-corrected chi connectivity index (χ4v) is 3.64. The number of hydrogen-bond donors (Lipinski definition) is 3. The maximum Gasteiger partial charge on any atom is 0.319 e. The molecule has 3 rings (SSSR count). The number of para-hydroxylation sites is 1. The molecule has 2 aliphatic rings. The van der Waals surface area contributed by atoms with Gasteiger partial charge in [-0.3, -0.25) is 4.79 Å². The van der Waals surface area contributed by atoms with E-state index in [2.05, 4.69) is 10.6 Å². The Labute approximate surface area is 154 Å². The highest BCUT2D eigenvalue weighted by Gasteiger charge is 2.40. The van der Waals surface area contributed by atoms with E-state index in [1.807, 2.05) is 35.2 Å². The van der Waals surface area contributed by atoms with Crippen molar-refractivity contribution in [3.8, 4) is 0 Å². The Morgan fingerprint density at radius 3 is 2.28 bits per heavy atom. The zero-order valence-corrected chi connectivity index (χ0v) is 15.2.